The molecule has 0 amide bonds. The molecule has 2 rings (SSSR count). The highest BCUT2D eigenvalue weighted by Gasteiger charge is 2.23. The molecule has 1 saturated heterocycles. The van der Waals surface area contributed by atoms with Gasteiger partial charge in [0.05, 0.1) is 6.61 Å². The Labute approximate surface area is 148 Å². The number of anilines is 2. The van der Waals surface area contributed by atoms with Crippen molar-refractivity contribution in [3.8, 4) is 0 Å². The second-order valence-corrected chi connectivity index (χ2v) is 6.89. The molecule has 1 aliphatic rings. The molecular weight excluding hydrogens is 334 g/mol. The predicted molar refractivity (Wildman–Crippen MR) is 98.3 cm³/mol. The Hall–Kier alpha value is -1.18. The number of aromatic nitrogens is 2. The van der Waals surface area contributed by atoms with E-state index in [1.807, 2.05) is 0 Å². The highest BCUT2D eigenvalue weighted by molar-refractivity contribution is 7.80. The molecule has 1 aromatic heterocycles. The van der Waals surface area contributed by atoms with Crippen LogP contribution in [0.25, 0.3) is 0 Å². The zero-order valence-electron chi connectivity index (χ0n) is 13.8. The number of nitrogens with one attached hydrogen (secondary N) is 2. The van der Waals surface area contributed by atoms with Crippen molar-refractivity contribution in [2.45, 2.75) is 20.3 Å². The molecule has 0 saturated carbocycles. The largest absolute Gasteiger partial charge is 0.383 e. The van der Waals surface area contributed by atoms with Gasteiger partial charge in [0.15, 0.2) is 5.11 Å². The van der Waals surface area contributed by atoms with Crippen molar-refractivity contribution >= 4 is 40.7 Å². The quantitative estimate of drug-likeness (QED) is 0.477. The number of hydrogen-bond acceptors (Lipinski definition) is 5. The minimum atomic E-state index is 0.406. The van der Waals surface area contributed by atoms with Gasteiger partial charge in [-0.25, -0.2) is 4.98 Å². The summed E-state index contributed by atoms with van der Waals surface area (Å²) in [6, 6.07) is 1.80. The number of hydrogen-bond donors (Lipinski definition) is 2. The van der Waals surface area contributed by atoms with Gasteiger partial charge in [0.2, 0.25) is 5.95 Å². The van der Waals surface area contributed by atoms with Crippen molar-refractivity contribution in [1.82, 2.24) is 15.3 Å². The van der Waals surface area contributed by atoms with Crippen molar-refractivity contribution < 1.29 is 4.74 Å². The van der Waals surface area contributed by atoms with Gasteiger partial charge in [-0.05, 0) is 30.5 Å². The zero-order valence-corrected chi connectivity index (χ0v) is 15.4. The minimum absolute atomic E-state index is 0.406. The molecule has 1 fully saturated rings. The van der Waals surface area contributed by atoms with E-state index in [1.165, 1.54) is 6.42 Å². The summed E-state index contributed by atoms with van der Waals surface area (Å²) in [5.41, 5.74) is 0. The summed E-state index contributed by atoms with van der Waals surface area (Å²) in [4.78, 5) is 11.0. The average Bonchev–Trinajstić information content (AvgIpc) is 2.46. The minimum Gasteiger partial charge on any atom is -0.383 e. The van der Waals surface area contributed by atoms with Gasteiger partial charge in [-0.3, -0.25) is 0 Å². The Kier molecular flexibility index (Phi) is 6.80. The van der Waals surface area contributed by atoms with Crippen LogP contribution in [0.5, 0.6) is 0 Å². The van der Waals surface area contributed by atoms with Gasteiger partial charge in [0.25, 0.3) is 0 Å². The molecule has 0 bridgehead atoms. The molecule has 128 valence electrons. The molecule has 2 N–H and O–H groups in total. The Bertz CT molecular complexity index is 535. The van der Waals surface area contributed by atoms with Crippen LogP contribution in [0, 0.1) is 11.8 Å². The first-order valence-corrected chi connectivity index (χ1v) is 8.60. The van der Waals surface area contributed by atoms with Crippen LogP contribution in [0.15, 0.2) is 6.07 Å². The van der Waals surface area contributed by atoms with E-state index in [1.54, 1.807) is 13.2 Å². The van der Waals surface area contributed by atoms with Crippen LogP contribution in [-0.2, 0) is 4.74 Å². The summed E-state index contributed by atoms with van der Waals surface area (Å²) in [6.45, 7) is 7.68. The van der Waals surface area contributed by atoms with Crippen LogP contribution < -0.4 is 15.5 Å². The van der Waals surface area contributed by atoms with Crippen LogP contribution in [0.3, 0.4) is 0 Å². The summed E-state index contributed by atoms with van der Waals surface area (Å²) < 4.78 is 4.97. The van der Waals surface area contributed by atoms with Crippen molar-refractivity contribution in [3.63, 3.8) is 0 Å². The van der Waals surface area contributed by atoms with Crippen LogP contribution in [0.4, 0.5) is 11.8 Å². The van der Waals surface area contributed by atoms with Crippen molar-refractivity contribution in [1.29, 1.82) is 0 Å². The van der Waals surface area contributed by atoms with Gasteiger partial charge in [-0.1, -0.05) is 25.4 Å². The molecule has 23 heavy (non-hydrogen) atoms. The summed E-state index contributed by atoms with van der Waals surface area (Å²) in [7, 11) is 1.64. The number of thiocarbonyl (C=S) groups is 1. The Morgan fingerprint density at radius 1 is 1.39 bits per heavy atom. The molecule has 2 atom stereocenters. The molecule has 1 aromatic rings. The highest BCUT2D eigenvalue weighted by atomic mass is 35.5. The van der Waals surface area contributed by atoms with E-state index in [9.17, 15) is 0 Å². The lowest BCUT2D eigenvalue weighted by Gasteiger charge is -2.35. The lowest BCUT2D eigenvalue weighted by molar-refractivity contribution is 0.204. The Balaban J connectivity index is 2.05. The molecule has 0 unspecified atom stereocenters. The molecule has 6 nitrogen and oxygen atoms in total. The van der Waals surface area contributed by atoms with E-state index in [-0.39, 0.29) is 0 Å². The first-order chi connectivity index (χ1) is 11.0. The van der Waals surface area contributed by atoms with Crippen LogP contribution in [-0.4, -0.2) is 48.4 Å². The maximum absolute atomic E-state index is 6.15. The van der Waals surface area contributed by atoms with Gasteiger partial charge in [0, 0.05) is 32.8 Å². The first-order valence-electron chi connectivity index (χ1n) is 7.81. The van der Waals surface area contributed by atoms with Crippen molar-refractivity contribution in [2.24, 2.45) is 11.8 Å². The fraction of sp³-hybridized carbons (Fsp3) is 0.667. The maximum Gasteiger partial charge on any atom is 0.232 e. The van der Waals surface area contributed by atoms with E-state index in [0.29, 0.717) is 41.2 Å². The fourth-order valence-corrected chi connectivity index (χ4v) is 3.26. The monoisotopic (exact) mass is 357 g/mol. The van der Waals surface area contributed by atoms with E-state index < -0.39 is 0 Å². The second-order valence-electron chi connectivity index (χ2n) is 6.10. The normalized spacial score (nSPS) is 21.1. The van der Waals surface area contributed by atoms with Crippen LogP contribution in [0.2, 0.25) is 5.15 Å². The first kappa shape index (κ1) is 18.2. The van der Waals surface area contributed by atoms with Crippen LogP contribution >= 0.6 is 23.8 Å². The molecule has 0 aromatic carbocycles. The molecular formula is C15H24ClN5OS. The van der Waals surface area contributed by atoms with Gasteiger partial charge >= 0.3 is 0 Å². The third-order valence-electron chi connectivity index (χ3n) is 3.69. The lowest BCUT2D eigenvalue weighted by Crippen LogP contribution is -2.39. The topological polar surface area (TPSA) is 62.3 Å². The van der Waals surface area contributed by atoms with E-state index in [4.69, 9.17) is 28.6 Å². The smallest absolute Gasteiger partial charge is 0.232 e. The van der Waals surface area contributed by atoms with Crippen molar-refractivity contribution in [2.75, 3.05) is 43.6 Å². The van der Waals surface area contributed by atoms with Gasteiger partial charge in [0.1, 0.15) is 11.0 Å². The molecule has 1 aliphatic heterocycles. The average molecular weight is 358 g/mol. The lowest BCUT2D eigenvalue weighted by atomic mass is 9.92. The molecule has 0 spiro atoms. The third kappa shape index (κ3) is 5.75. The Morgan fingerprint density at radius 3 is 2.74 bits per heavy atom. The number of halogens is 1. The van der Waals surface area contributed by atoms with E-state index in [2.05, 4.69) is 39.3 Å². The van der Waals surface area contributed by atoms with Gasteiger partial charge < -0.3 is 20.3 Å². The number of methoxy groups -OCH3 is 1. The fourth-order valence-electron chi connectivity index (χ4n) is 2.89. The zero-order chi connectivity index (χ0) is 16.8. The van der Waals surface area contributed by atoms with E-state index in [0.717, 1.165) is 18.9 Å². The van der Waals surface area contributed by atoms with Crippen LogP contribution in [0.1, 0.15) is 20.3 Å². The number of ether oxygens (including phenoxy) is 1. The summed E-state index contributed by atoms with van der Waals surface area (Å²) in [5, 5.41) is 6.86. The third-order valence-corrected chi connectivity index (χ3v) is 4.13. The summed E-state index contributed by atoms with van der Waals surface area (Å²) >= 11 is 11.4. The van der Waals surface area contributed by atoms with Gasteiger partial charge in [-0.15, -0.1) is 0 Å². The molecule has 8 heteroatoms. The summed E-state index contributed by atoms with van der Waals surface area (Å²) in [6.07, 6.45) is 1.24. The molecule has 0 aliphatic carbocycles. The number of rotatable bonds is 5. The summed E-state index contributed by atoms with van der Waals surface area (Å²) in [5.74, 6) is 2.53. The standard InChI is InChI=1S/C15H24ClN5OS/c1-10-6-11(2)9-21(8-10)13-7-12(16)18-14(19-13)20-15(23)17-4-5-22-3/h7,10-11H,4-6,8-9H2,1-3H3,(H2,17,18,19,20,23)/t10-,11-/m0/s1. The highest BCUT2D eigenvalue weighted by Crippen LogP contribution is 2.26. The molecule has 0 radical (unpaired) electrons. The van der Waals surface area contributed by atoms with Crippen molar-refractivity contribution in [3.05, 3.63) is 11.2 Å². The SMILES string of the molecule is COCCNC(=S)Nc1nc(Cl)cc(N2C[C@@H](C)C[C@H](C)C2)n1. The Morgan fingerprint density at radius 2 is 2.09 bits per heavy atom. The van der Waals surface area contributed by atoms with Gasteiger partial charge in [-0.2, -0.15) is 4.98 Å². The molecule has 2 heterocycles. The predicted octanol–water partition coefficient (Wildman–Crippen LogP) is 2.55. The van der Waals surface area contributed by atoms with E-state index >= 15 is 0 Å². The number of piperidine rings is 1. The maximum atomic E-state index is 6.15. The number of nitrogens with zero attached hydrogens (tertiary/aromatic N) is 3. The second kappa shape index (κ2) is 8.61.